The van der Waals surface area contributed by atoms with Crippen molar-refractivity contribution < 1.29 is 9.50 Å². The Bertz CT molecular complexity index is 710. The molecular weight excluding hydrogens is 257 g/mol. The van der Waals surface area contributed by atoms with E-state index in [4.69, 9.17) is 5.11 Å². The van der Waals surface area contributed by atoms with Gasteiger partial charge < -0.3 is 9.67 Å². The van der Waals surface area contributed by atoms with E-state index in [-0.39, 0.29) is 18.7 Å². The Morgan fingerprint density at radius 1 is 1.25 bits per heavy atom. The Morgan fingerprint density at radius 2 is 2.10 bits per heavy atom. The highest BCUT2D eigenvalue weighted by molar-refractivity contribution is 5.37. The van der Waals surface area contributed by atoms with Crippen molar-refractivity contribution in [3.8, 4) is 11.8 Å². The van der Waals surface area contributed by atoms with Crippen molar-refractivity contribution in [2.45, 2.75) is 13.0 Å². The lowest BCUT2D eigenvalue weighted by Crippen LogP contribution is -2.18. The smallest absolute Gasteiger partial charge is 0.250 e. The van der Waals surface area contributed by atoms with Gasteiger partial charge in [-0.05, 0) is 18.2 Å². The fourth-order valence-corrected chi connectivity index (χ4v) is 1.75. The van der Waals surface area contributed by atoms with Gasteiger partial charge in [0, 0.05) is 29.8 Å². The van der Waals surface area contributed by atoms with Crippen LogP contribution in [-0.4, -0.2) is 16.3 Å². The molecular formula is C16H14FNO2. The van der Waals surface area contributed by atoms with Gasteiger partial charge in [-0.3, -0.25) is 4.79 Å². The van der Waals surface area contributed by atoms with Gasteiger partial charge in [0.25, 0.3) is 5.56 Å². The van der Waals surface area contributed by atoms with Crippen LogP contribution in [0.5, 0.6) is 0 Å². The zero-order valence-electron chi connectivity index (χ0n) is 10.8. The van der Waals surface area contributed by atoms with Gasteiger partial charge in [-0.2, -0.15) is 0 Å². The van der Waals surface area contributed by atoms with Gasteiger partial charge in [-0.15, -0.1) is 0 Å². The van der Waals surface area contributed by atoms with Crippen LogP contribution in [0.4, 0.5) is 4.39 Å². The molecule has 1 aromatic carbocycles. The highest BCUT2D eigenvalue weighted by Gasteiger charge is 2.04. The maximum absolute atomic E-state index is 13.9. The zero-order valence-corrected chi connectivity index (χ0v) is 10.8. The number of nitrogens with zero attached hydrogens (tertiary/aromatic N) is 1. The number of hydrogen-bond donors (Lipinski definition) is 1. The number of pyridine rings is 1. The molecule has 102 valence electrons. The molecule has 1 heterocycles. The minimum atomic E-state index is -0.392. The topological polar surface area (TPSA) is 42.2 Å². The molecule has 0 amide bonds. The second-order valence-electron chi connectivity index (χ2n) is 4.25. The normalized spacial score (nSPS) is 9.90. The van der Waals surface area contributed by atoms with E-state index in [9.17, 15) is 9.18 Å². The summed E-state index contributed by atoms with van der Waals surface area (Å²) in [4.78, 5) is 11.6. The SMILES string of the molecule is O=c1ccccn1Cc1ccc(C#CCCO)cc1F. The third-order valence-electron chi connectivity index (χ3n) is 2.76. The summed E-state index contributed by atoms with van der Waals surface area (Å²) in [6.45, 7) is 0.181. The average molecular weight is 271 g/mol. The lowest BCUT2D eigenvalue weighted by atomic mass is 10.1. The average Bonchev–Trinajstić information content (AvgIpc) is 2.44. The first-order valence-corrected chi connectivity index (χ1v) is 6.24. The van der Waals surface area contributed by atoms with Crippen LogP contribution in [0.1, 0.15) is 17.5 Å². The molecule has 0 fully saturated rings. The summed E-state index contributed by atoms with van der Waals surface area (Å²) < 4.78 is 15.4. The molecule has 3 nitrogen and oxygen atoms in total. The lowest BCUT2D eigenvalue weighted by Gasteiger charge is -2.06. The summed E-state index contributed by atoms with van der Waals surface area (Å²) in [6, 6.07) is 9.48. The Hall–Kier alpha value is -2.38. The van der Waals surface area contributed by atoms with E-state index >= 15 is 0 Å². The fraction of sp³-hybridized carbons (Fsp3) is 0.188. The third-order valence-corrected chi connectivity index (χ3v) is 2.76. The molecule has 0 saturated carbocycles. The van der Waals surface area contributed by atoms with Crippen LogP contribution < -0.4 is 5.56 Å². The van der Waals surface area contributed by atoms with E-state index in [0.717, 1.165) is 0 Å². The predicted octanol–water partition coefficient (Wildman–Crippen LogP) is 1.77. The van der Waals surface area contributed by atoms with E-state index in [1.165, 1.54) is 16.7 Å². The van der Waals surface area contributed by atoms with E-state index in [2.05, 4.69) is 11.8 Å². The highest BCUT2D eigenvalue weighted by atomic mass is 19.1. The van der Waals surface area contributed by atoms with Crippen LogP contribution in [0, 0.1) is 17.7 Å². The van der Waals surface area contributed by atoms with Crippen molar-refractivity contribution in [1.82, 2.24) is 4.57 Å². The standard InChI is InChI=1S/C16H14FNO2/c17-15-11-13(5-2-4-10-19)7-8-14(15)12-18-9-3-1-6-16(18)20/h1,3,6-9,11,19H,4,10,12H2. The van der Waals surface area contributed by atoms with Crippen LogP contribution in [0.3, 0.4) is 0 Å². The molecule has 0 radical (unpaired) electrons. The molecule has 0 unspecified atom stereocenters. The number of aliphatic hydroxyl groups is 1. The molecule has 0 aliphatic heterocycles. The predicted molar refractivity (Wildman–Crippen MR) is 74.8 cm³/mol. The molecule has 0 aliphatic carbocycles. The summed E-state index contributed by atoms with van der Waals surface area (Å²) >= 11 is 0. The van der Waals surface area contributed by atoms with E-state index in [1.54, 1.807) is 30.5 Å². The fourth-order valence-electron chi connectivity index (χ4n) is 1.75. The minimum Gasteiger partial charge on any atom is -0.395 e. The second kappa shape index (κ2) is 6.69. The summed E-state index contributed by atoms with van der Waals surface area (Å²) in [5.41, 5.74) is 0.824. The van der Waals surface area contributed by atoms with Crippen molar-refractivity contribution in [3.63, 3.8) is 0 Å². The van der Waals surface area contributed by atoms with Gasteiger partial charge in [0.15, 0.2) is 0 Å². The van der Waals surface area contributed by atoms with Gasteiger partial charge in [-0.1, -0.05) is 24.0 Å². The molecule has 2 rings (SSSR count). The number of rotatable bonds is 3. The van der Waals surface area contributed by atoms with Crippen LogP contribution in [0.15, 0.2) is 47.4 Å². The summed E-state index contributed by atoms with van der Waals surface area (Å²) in [6.07, 6.45) is 1.99. The van der Waals surface area contributed by atoms with Crippen molar-refractivity contribution in [3.05, 3.63) is 69.9 Å². The number of aromatic nitrogens is 1. The van der Waals surface area contributed by atoms with E-state index in [1.807, 2.05) is 0 Å². The molecule has 0 saturated heterocycles. The van der Waals surface area contributed by atoms with Gasteiger partial charge in [0.1, 0.15) is 5.82 Å². The van der Waals surface area contributed by atoms with Crippen LogP contribution >= 0.6 is 0 Å². The van der Waals surface area contributed by atoms with E-state index in [0.29, 0.717) is 17.5 Å². The van der Waals surface area contributed by atoms with Gasteiger partial charge in [0.05, 0.1) is 13.2 Å². The monoisotopic (exact) mass is 271 g/mol. The molecule has 1 N–H and O–H groups in total. The van der Waals surface area contributed by atoms with Crippen molar-refractivity contribution >= 4 is 0 Å². The Labute approximate surface area is 116 Å². The highest BCUT2D eigenvalue weighted by Crippen LogP contribution is 2.11. The number of aliphatic hydroxyl groups excluding tert-OH is 1. The third kappa shape index (κ3) is 3.56. The summed E-state index contributed by atoms with van der Waals surface area (Å²) in [7, 11) is 0. The number of halogens is 1. The molecule has 4 heteroatoms. The Kier molecular flexibility index (Phi) is 4.70. The molecule has 0 spiro atoms. The quantitative estimate of drug-likeness (QED) is 0.864. The largest absolute Gasteiger partial charge is 0.395 e. The van der Waals surface area contributed by atoms with Crippen LogP contribution in [-0.2, 0) is 6.54 Å². The maximum atomic E-state index is 13.9. The Morgan fingerprint density at radius 3 is 2.80 bits per heavy atom. The minimum absolute atomic E-state index is 0.00943. The number of benzene rings is 1. The molecule has 20 heavy (non-hydrogen) atoms. The second-order valence-corrected chi connectivity index (χ2v) is 4.25. The molecule has 1 aromatic heterocycles. The van der Waals surface area contributed by atoms with Crippen molar-refractivity contribution in [2.75, 3.05) is 6.61 Å². The van der Waals surface area contributed by atoms with Gasteiger partial charge >= 0.3 is 0 Å². The molecule has 0 aliphatic rings. The maximum Gasteiger partial charge on any atom is 0.250 e. The van der Waals surface area contributed by atoms with Crippen LogP contribution in [0.25, 0.3) is 0 Å². The van der Waals surface area contributed by atoms with Gasteiger partial charge in [0.2, 0.25) is 0 Å². The van der Waals surface area contributed by atoms with Crippen molar-refractivity contribution in [2.24, 2.45) is 0 Å². The Balaban J connectivity index is 2.21. The van der Waals surface area contributed by atoms with E-state index < -0.39 is 5.82 Å². The van der Waals surface area contributed by atoms with Crippen molar-refractivity contribution in [1.29, 1.82) is 0 Å². The first-order chi connectivity index (χ1) is 9.70. The van der Waals surface area contributed by atoms with Gasteiger partial charge in [-0.25, -0.2) is 4.39 Å². The number of hydrogen-bond acceptors (Lipinski definition) is 2. The van der Waals surface area contributed by atoms with Crippen LogP contribution in [0.2, 0.25) is 0 Å². The molecule has 0 atom stereocenters. The summed E-state index contributed by atoms with van der Waals surface area (Å²) in [5, 5.41) is 8.62. The first kappa shape index (κ1) is 14.0. The zero-order chi connectivity index (χ0) is 14.4. The molecule has 2 aromatic rings. The molecule has 0 bridgehead atoms. The summed E-state index contributed by atoms with van der Waals surface area (Å²) in [5.74, 6) is 5.11. The lowest BCUT2D eigenvalue weighted by molar-refractivity contribution is 0.305. The first-order valence-electron chi connectivity index (χ1n) is 6.24.